The summed E-state index contributed by atoms with van der Waals surface area (Å²) in [6.07, 6.45) is 1.86. The second kappa shape index (κ2) is 8.24. The highest BCUT2D eigenvalue weighted by Gasteiger charge is 2.14. The van der Waals surface area contributed by atoms with Gasteiger partial charge in [0.15, 0.2) is 6.61 Å². The summed E-state index contributed by atoms with van der Waals surface area (Å²) in [5, 5.41) is 3.34. The average molecular weight is 370 g/mol. The minimum atomic E-state index is -0.549. The maximum absolute atomic E-state index is 12.0. The van der Waals surface area contributed by atoms with E-state index in [9.17, 15) is 9.59 Å². The molecule has 0 bridgehead atoms. The van der Waals surface area contributed by atoms with E-state index in [1.54, 1.807) is 24.3 Å². The Morgan fingerprint density at radius 3 is 2.61 bits per heavy atom. The van der Waals surface area contributed by atoms with Crippen molar-refractivity contribution in [3.63, 3.8) is 0 Å². The van der Waals surface area contributed by atoms with Gasteiger partial charge in [-0.2, -0.15) is 0 Å². The second-order valence-corrected chi connectivity index (χ2v) is 6.14. The van der Waals surface area contributed by atoms with Gasteiger partial charge in [0, 0.05) is 9.92 Å². The number of hydrogen-bond donors (Lipinski definition) is 1. The van der Waals surface area contributed by atoms with Crippen molar-refractivity contribution in [2.45, 2.75) is 4.90 Å². The lowest BCUT2D eigenvalue weighted by molar-refractivity contribution is -0.119. The van der Waals surface area contributed by atoms with Crippen molar-refractivity contribution < 1.29 is 14.3 Å². The molecule has 0 saturated carbocycles. The lowest BCUT2D eigenvalue weighted by Gasteiger charge is -2.09. The van der Waals surface area contributed by atoms with E-state index in [0.29, 0.717) is 21.3 Å². The maximum Gasteiger partial charge on any atom is 0.339 e. The van der Waals surface area contributed by atoms with Crippen LogP contribution in [0, 0.1) is 0 Å². The summed E-state index contributed by atoms with van der Waals surface area (Å²) in [5.41, 5.74) is 0.832. The number of halogens is 2. The van der Waals surface area contributed by atoms with Crippen LogP contribution in [0.25, 0.3) is 0 Å². The highest BCUT2D eigenvalue weighted by molar-refractivity contribution is 7.98. The van der Waals surface area contributed by atoms with E-state index in [1.807, 2.05) is 18.4 Å². The number of thioether (sulfide) groups is 1. The molecule has 0 spiro atoms. The van der Waals surface area contributed by atoms with Crippen LogP contribution in [0.2, 0.25) is 10.0 Å². The Labute approximate surface area is 148 Å². The number of amides is 1. The van der Waals surface area contributed by atoms with Crippen molar-refractivity contribution >= 4 is 52.5 Å². The third kappa shape index (κ3) is 4.89. The van der Waals surface area contributed by atoms with Crippen LogP contribution in [0.15, 0.2) is 47.4 Å². The lowest BCUT2D eigenvalue weighted by Crippen LogP contribution is -2.21. The molecule has 0 heterocycles. The van der Waals surface area contributed by atoms with Crippen molar-refractivity contribution in [2.75, 3.05) is 18.2 Å². The summed E-state index contributed by atoms with van der Waals surface area (Å²) >= 11 is 13.2. The zero-order chi connectivity index (χ0) is 16.8. The van der Waals surface area contributed by atoms with Gasteiger partial charge in [0.1, 0.15) is 0 Å². The van der Waals surface area contributed by atoms with Crippen molar-refractivity contribution in [1.82, 2.24) is 0 Å². The first-order valence-electron chi connectivity index (χ1n) is 6.56. The Kier molecular flexibility index (Phi) is 6.33. The number of nitrogens with one attached hydrogen (secondary N) is 1. The molecule has 120 valence electrons. The number of benzene rings is 2. The highest BCUT2D eigenvalue weighted by atomic mass is 35.5. The first kappa shape index (κ1) is 17.7. The smallest absolute Gasteiger partial charge is 0.339 e. The molecule has 2 aromatic carbocycles. The first-order chi connectivity index (χ1) is 11.0. The Balaban J connectivity index is 1.95. The van der Waals surface area contributed by atoms with E-state index < -0.39 is 18.5 Å². The summed E-state index contributed by atoms with van der Waals surface area (Å²) in [6.45, 7) is -0.402. The number of rotatable bonds is 5. The van der Waals surface area contributed by atoms with E-state index in [2.05, 4.69) is 5.32 Å². The van der Waals surface area contributed by atoms with E-state index >= 15 is 0 Å². The van der Waals surface area contributed by atoms with Crippen LogP contribution in [0.5, 0.6) is 0 Å². The topological polar surface area (TPSA) is 55.4 Å². The van der Waals surface area contributed by atoms with E-state index in [4.69, 9.17) is 27.9 Å². The van der Waals surface area contributed by atoms with E-state index in [-0.39, 0.29) is 0 Å². The Morgan fingerprint density at radius 2 is 1.91 bits per heavy atom. The molecule has 0 unspecified atom stereocenters. The van der Waals surface area contributed by atoms with Gasteiger partial charge >= 0.3 is 5.97 Å². The number of anilines is 1. The summed E-state index contributed by atoms with van der Waals surface area (Å²) in [5.74, 6) is -1.03. The minimum Gasteiger partial charge on any atom is -0.452 e. The van der Waals surface area contributed by atoms with Gasteiger partial charge in [-0.1, -0.05) is 35.3 Å². The Morgan fingerprint density at radius 1 is 1.17 bits per heavy atom. The molecular formula is C16H13Cl2NO3S. The molecule has 0 aromatic heterocycles. The third-order valence-electron chi connectivity index (χ3n) is 2.87. The molecule has 0 saturated heterocycles. The Hall–Kier alpha value is -1.69. The quantitative estimate of drug-likeness (QED) is 0.622. The SMILES string of the molecule is CSc1ccccc1C(=O)OCC(=O)Nc1ccc(Cl)cc1Cl. The molecular weight excluding hydrogens is 357 g/mol. The van der Waals surface area contributed by atoms with Crippen molar-refractivity contribution in [3.05, 3.63) is 58.1 Å². The average Bonchev–Trinajstić information content (AvgIpc) is 2.55. The predicted molar refractivity (Wildman–Crippen MR) is 93.6 cm³/mol. The predicted octanol–water partition coefficient (Wildman–Crippen LogP) is 4.51. The van der Waals surface area contributed by atoms with Crippen molar-refractivity contribution in [2.24, 2.45) is 0 Å². The number of esters is 1. The van der Waals surface area contributed by atoms with Gasteiger partial charge < -0.3 is 10.1 Å². The molecule has 0 aliphatic carbocycles. The molecule has 0 aliphatic rings. The van der Waals surface area contributed by atoms with Crippen molar-refractivity contribution in [3.8, 4) is 0 Å². The fourth-order valence-corrected chi connectivity index (χ4v) is 2.84. The van der Waals surface area contributed by atoms with E-state index in [1.165, 1.54) is 17.8 Å². The van der Waals surface area contributed by atoms with Crippen molar-refractivity contribution in [1.29, 1.82) is 0 Å². The zero-order valence-corrected chi connectivity index (χ0v) is 14.5. The summed E-state index contributed by atoms with van der Waals surface area (Å²) in [4.78, 5) is 24.7. The molecule has 4 nitrogen and oxygen atoms in total. The van der Waals surface area contributed by atoms with Gasteiger partial charge in [-0.05, 0) is 36.6 Å². The molecule has 0 fully saturated rings. The van der Waals surface area contributed by atoms with Gasteiger partial charge in [0.25, 0.3) is 5.91 Å². The van der Waals surface area contributed by atoms with Crippen LogP contribution < -0.4 is 5.32 Å². The lowest BCUT2D eigenvalue weighted by atomic mass is 10.2. The summed E-state index contributed by atoms with van der Waals surface area (Å²) in [6, 6.07) is 11.7. The number of carbonyl (C=O) groups excluding carboxylic acids is 2. The van der Waals surface area contributed by atoms with Gasteiger partial charge in [0.2, 0.25) is 0 Å². The van der Waals surface area contributed by atoms with Crippen LogP contribution in [0.4, 0.5) is 5.69 Å². The molecule has 1 amide bonds. The normalized spacial score (nSPS) is 10.2. The molecule has 0 radical (unpaired) electrons. The summed E-state index contributed by atoms with van der Waals surface area (Å²) < 4.78 is 5.03. The monoisotopic (exact) mass is 369 g/mol. The molecule has 7 heteroatoms. The fourth-order valence-electron chi connectivity index (χ4n) is 1.80. The maximum atomic E-state index is 12.0. The second-order valence-electron chi connectivity index (χ2n) is 4.45. The van der Waals surface area contributed by atoms with Crippen LogP contribution in [0.1, 0.15) is 10.4 Å². The molecule has 2 aromatic rings. The molecule has 0 aliphatic heterocycles. The largest absolute Gasteiger partial charge is 0.452 e. The molecule has 23 heavy (non-hydrogen) atoms. The number of ether oxygens (including phenoxy) is 1. The molecule has 1 N–H and O–H groups in total. The van der Waals surface area contributed by atoms with Gasteiger partial charge in [-0.25, -0.2) is 4.79 Å². The number of carbonyl (C=O) groups is 2. The zero-order valence-electron chi connectivity index (χ0n) is 12.1. The third-order valence-corrected chi connectivity index (χ3v) is 4.21. The highest BCUT2D eigenvalue weighted by Crippen LogP contribution is 2.25. The van der Waals surface area contributed by atoms with E-state index in [0.717, 1.165) is 4.90 Å². The van der Waals surface area contributed by atoms with Gasteiger partial charge in [-0.15, -0.1) is 11.8 Å². The van der Waals surface area contributed by atoms with Crippen LogP contribution in [-0.2, 0) is 9.53 Å². The van der Waals surface area contributed by atoms with Crippen LogP contribution in [0.3, 0.4) is 0 Å². The minimum absolute atomic E-state index is 0.310. The summed E-state index contributed by atoms with van der Waals surface area (Å²) in [7, 11) is 0. The van der Waals surface area contributed by atoms with Crippen LogP contribution in [-0.4, -0.2) is 24.7 Å². The number of hydrogen-bond acceptors (Lipinski definition) is 4. The van der Waals surface area contributed by atoms with Crippen LogP contribution >= 0.6 is 35.0 Å². The first-order valence-corrected chi connectivity index (χ1v) is 8.54. The van der Waals surface area contributed by atoms with Gasteiger partial charge in [0.05, 0.1) is 16.3 Å². The molecule has 2 rings (SSSR count). The van der Waals surface area contributed by atoms with Gasteiger partial charge in [-0.3, -0.25) is 4.79 Å². The molecule has 0 atom stereocenters. The standard InChI is InChI=1S/C16H13Cl2NO3S/c1-23-14-5-3-2-4-11(14)16(21)22-9-15(20)19-13-7-6-10(17)8-12(13)18/h2-8H,9H2,1H3,(H,19,20). The Bertz CT molecular complexity index is 737. The fraction of sp³-hybridized carbons (Fsp3) is 0.125.